The highest BCUT2D eigenvalue weighted by Gasteiger charge is 2.25. The summed E-state index contributed by atoms with van der Waals surface area (Å²) in [5.41, 5.74) is 1.01. The highest BCUT2D eigenvalue weighted by atomic mass is 35.5. The van der Waals surface area contributed by atoms with Crippen molar-refractivity contribution in [3.8, 4) is 0 Å². The Bertz CT molecular complexity index is 373. The average Bonchev–Trinajstić information content (AvgIpc) is 2.58. The summed E-state index contributed by atoms with van der Waals surface area (Å²) in [4.78, 5) is 0. The molecule has 1 N–H and O–H groups in total. The molecule has 2 nitrogen and oxygen atoms in total. The third-order valence-electron chi connectivity index (χ3n) is 2.88. The molecule has 1 aromatic rings. The predicted octanol–water partition coefficient (Wildman–Crippen LogP) is 4.13. The van der Waals surface area contributed by atoms with Gasteiger partial charge in [0.1, 0.15) is 4.34 Å². The van der Waals surface area contributed by atoms with Crippen molar-refractivity contribution in [3.63, 3.8) is 0 Å². The maximum atomic E-state index is 6.13. The van der Waals surface area contributed by atoms with Crippen LogP contribution in [0.25, 0.3) is 0 Å². The van der Waals surface area contributed by atoms with Crippen LogP contribution in [-0.2, 0) is 4.74 Å². The zero-order chi connectivity index (χ0) is 12.4. The molecule has 0 bridgehead atoms. The summed E-state index contributed by atoms with van der Waals surface area (Å²) in [6, 6.07) is 2.36. The quantitative estimate of drug-likeness (QED) is 0.905. The van der Waals surface area contributed by atoms with Gasteiger partial charge >= 0.3 is 0 Å². The van der Waals surface area contributed by atoms with Crippen LogP contribution in [0.2, 0.25) is 8.67 Å². The first-order chi connectivity index (χ1) is 8.06. The molecule has 1 saturated heterocycles. The van der Waals surface area contributed by atoms with E-state index in [0.717, 1.165) is 33.8 Å². The number of thiophene rings is 1. The lowest BCUT2D eigenvalue weighted by molar-refractivity contribution is -0.00103. The number of rotatable bonds is 3. The molecule has 17 heavy (non-hydrogen) atoms. The van der Waals surface area contributed by atoms with Crippen LogP contribution in [0.15, 0.2) is 6.07 Å². The van der Waals surface area contributed by atoms with Crippen molar-refractivity contribution in [1.29, 1.82) is 0 Å². The summed E-state index contributed by atoms with van der Waals surface area (Å²) in [7, 11) is 0. The number of morpholine rings is 1. The summed E-state index contributed by atoms with van der Waals surface area (Å²) < 4.78 is 7.33. The number of nitrogens with one attached hydrogen (secondary N) is 1. The Labute approximate surface area is 116 Å². The van der Waals surface area contributed by atoms with Gasteiger partial charge in [0.05, 0.1) is 17.0 Å². The van der Waals surface area contributed by atoms with Gasteiger partial charge in [-0.25, -0.2) is 0 Å². The van der Waals surface area contributed by atoms with Crippen LogP contribution in [0.4, 0.5) is 0 Å². The summed E-state index contributed by atoms with van der Waals surface area (Å²) in [6.07, 6.45) is 1.18. The zero-order valence-electron chi connectivity index (χ0n) is 10.0. The van der Waals surface area contributed by atoms with E-state index in [-0.39, 0.29) is 6.10 Å². The van der Waals surface area contributed by atoms with Crippen molar-refractivity contribution in [1.82, 2.24) is 5.32 Å². The third-order valence-corrected chi connectivity index (χ3v) is 4.39. The van der Waals surface area contributed by atoms with Crippen LogP contribution in [0.5, 0.6) is 0 Å². The summed E-state index contributed by atoms with van der Waals surface area (Å²) in [6.45, 7) is 6.00. The van der Waals surface area contributed by atoms with E-state index < -0.39 is 0 Å². The summed E-state index contributed by atoms with van der Waals surface area (Å²) in [5, 5.41) is 3.51. The van der Waals surface area contributed by atoms with Crippen LogP contribution in [0.1, 0.15) is 31.9 Å². The molecule has 0 aromatic carbocycles. The molecule has 1 aliphatic rings. The Balaban J connectivity index is 1.93. The molecule has 5 heteroatoms. The Hall–Kier alpha value is 0.200. The molecule has 0 saturated carbocycles. The second-order valence-corrected chi connectivity index (χ2v) is 7.12. The van der Waals surface area contributed by atoms with E-state index in [2.05, 4.69) is 19.2 Å². The second-order valence-electron chi connectivity index (χ2n) is 4.84. The van der Waals surface area contributed by atoms with Gasteiger partial charge in [-0.1, -0.05) is 37.0 Å². The molecule has 0 aliphatic carbocycles. The molecule has 1 aromatic heterocycles. The fraction of sp³-hybridized carbons (Fsp3) is 0.667. The van der Waals surface area contributed by atoms with E-state index in [0.29, 0.717) is 12.0 Å². The minimum Gasteiger partial charge on any atom is -0.370 e. The lowest BCUT2D eigenvalue weighted by Gasteiger charge is -2.31. The number of ether oxygens (including phenoxy) is 1. The van der Waals surface area contributed by atoms with Crippen LogP contribution >= 0.6 is 34.5 Å². The van der Waals surface area contributed by atoms with Crippen LogP contribution in [-0.4, -0.2) is 19.2 Å². The molecule has 1 fully saturated rings. The van der Waals surface area contributed by atoms with Gasteiger partial charge in [-0.2, -0.15) is 0 Å². The third kappa shape index (κ3) is 3.58. The highest BCUT2D eigenvalue weighted by molar-refractivity contribution is 7.20. The fourth-order valence-corrected chi connectivity index (χ4v) is 3.67. The Morgan fingerprint density at radius 3 is 2.76 bits per heavy atom. The van der Waals surface area contributed by atoms with E-state index in [9.17, 15) is 0 Å². The van der Waals surface area contributed by atoms with Gasteiger partial charge in [0, 0.05) is 18.2 Å². The number of hydrogen-bond acceptors (Lipinski definition) is 3. The van der Waals surface area contributed by atoms with Crippen molar-refractivity contribution in [2.24, 2.45) is 5.92 Å². The molecule has 96 valence electrons. The number of halogens is 2. The largest absolute Gasteiger partial charge is 0.370 e. The van der Waals surface area contributed by atoms with E-state index in [1.807, 2.05) is 6.07 Å². The molecule has 2 atom stereocenters. The smallest absolute Gasteiger partial charge is 0.100 e. The van der Waals surface area contributed by atoms with Gasteiger partial charge in [-0.15, -0.1) is 11.3 Å². The van der Waals surface area contributed by atoms with Gasteiger partial charge in [-0.3, -0.25) is 0 Å². The normalized spacial score (nSPS) is 25.5. The maximum absolute atomic E-state index is 6.13. The van der Waals surface area contributed by atoms with Gasteiger partial charge in [0.2, 0.25) is 0 Å². The van der Waals surface area contributed by atoms with Crippen LogP contribution < -0.4 is 5.32 Å². The molecule has 1 aliphatic heterocycles. The van der Waals surface area contributed by atoms with E-state index >= 15 is 0 Å². The van der Waals surface area contributed by atoms with Gasteiger partial charge < -0.3 is 10.1 Å². The molecule has 0 spiro atoms. The first kappa shape index (κ1) is 13.6. The molecule has 2 heterocycles. The standard InChI is InChI=1S/C12H17Cl2NOS/c1-7(2)3-8-6-16-10(5-15-8)9-4-11(13)17-12(9)14/h4,7-8,10,15H,3,5-6H2,1-2H3. The fourth-order valence-electron chi connectivity index (χ4n) is 2.12. The molecule has 2 rings (SSSR count). The first-order valence-electron chi connectivity index (χ1n) is 5.86. The molecular weight excluding hydrogens is 277 g/mol. The summed E-state index contributed by atoms with van der Waals surface area (Å²) >= 11 is 13.5. The minimum absolute atomic E-state index is 0.0367. The first-order valence-corrected chi connectivity index (χ1v) is 7.43. The van der Waals surface area contributed by atoms with Crippen molar-refractivity contribution >= 4 is 34.5 Å². The maximum Gasteiger partial charge on any atom is 0.100 e. The SMILES string of the molecule is CC(C)CC1COC(c2cc(Cl)sc2Cl)CN1. The minimum atomic E-state index is 0.0367. The monoisotopic (exact) mass is 293 g/mol. The molecule has 0 radical (unpaired) electrons. The Kier molecular flexibility index (Phi) is 4.72. The lowest BCUT2D eigenvalue weighted by atomic mass is 10.0. The Morgan fingerprint density at radius 2 is 2.29 bits per heavy atom. The number of hydrogen-bond donors (Lipinski definition) is 1. The van der Waals surface area contributed by atoms with Crippen LogP contribution in [0, 0.1) is 5.92 Å². The lowest BCUT2D eigenvalue weighted by Crippen LogP contribution is -2.43. The Morgan fingerprint density at radius 1 is 1.53 bits per heavy atom. The molecule has 0 amide bonds. The summed E-state index contributed by atoms with van der Waals surface area (Å²) in [5.74, 6) is 0.687. The topological polar surface area (TPSA) is 21.3 Å². The van der Waals surface area contributed by atoms with Gasteiger partial charge in [-0.05, 0) is 18.4 Å². The zero-order valence-corrected chi connectivity index (χ0v) is 12.3. The van der Waals surface area contributed by atoms with Gasteiger partial charge in [0.25, 0.3) is 0 Å². The highest BCUT2D eigenvalue weighted by Crippen LogP contribution is 2.37. The van der Waals surface area contributed by atoms with E-state index in [1.54, 1.807) is 0 Å². The van der Waals surface area contributed by atoms with Crippen molar-refractivity contribution in [2.45, 2.75) is 32.4 Å². The van der Waals surface area contributed by atoms with E-state index in [1.165, 1.54) is 11.3 Å². The molecule has 2 unspecified atom stereocenters. The van der Waals surface area contributed by atoms with E-state index in [4.69, 9.17) is 27.9 Å². The van der Waals surface area contributed by atoms with Crippen LogP contribution in [0.3, 0.4) is 0 Å². The van der Waals surface area contributed by atoms with Crippen molar-refractivity contribution in [3.05, 3.63) is 20.3 Å². The predicted molar refractivity (Wildman–Crippen MR) is 74.3 cm³/mol. The van der Waals surface area contributed by atoms with Gasteiger partial charge in [0.15, 0.2) is 0 Å². The van der Waals surface area contributed by atoms with Crippen molar-refractivity contribution in [2.75, 3.05) is 13.2 Å². The second kappa shape index (κ2) is 5.89. The average molecular weight is 294 g/mol. The molecular formula is C12H17Cl2NOS. The van der Waals surface area contributed by atoms with Crippen molar-refractivity contribution < 1.29 is 4.74 Å².